The summed E-state index contributed by atoms with van der Waals surface area (Å²) in [7, 11) is 0. The molecule has 2 aromatic rings. The molecule has 1 aliphatic heterocycles. The van der Waals surface area contributed by atoms with Crippen molar-refractivity contribution in [2.45, 2.75) is 26.7 Å². The van der Waals surface area contributed by atoms with Crippen molar-refractivity contribution < 1.29 is 28.3 Å². The van der Waals surface area contributed by atoms with Crippen molar-refractivity contribution in [2.24, 2.45) is 11.8 Å². The van der Waals surface area contributed by atoms with Gasteiger partial charge in [-0.1, -0.05) is 26.0 Å². The van der Waals surface area contributed by atoms with Gasteiger partial charge in [0, 0.05) is 25.2 Å². The summed E-state index contributed by atoms with van der Waals surface area (Å²) in [4.78, 5) is 51.6. The average Bonchev–Trinajstić information content (AvgIpc) is 2.86. The lowest BCUT2D eigenvalue weighted by atomic mass is 9.97. The Bertz CT molecular complexity index is 1070. The van der Waals surface area contributed by atoms with Crippen LogP contribution in [0.5, 0.6) is 0 Å². The summed E-state index contributed by atoms with van der Waals surface area (Å²) in [5.74, 6) is -2.44. The molecule has 0 spiro atoms. The van der Waals surface area contributed by atoms with Gasteiger partial charge in [-0.05, 0) is 55.2 Å². The van der Waals surface area contributed by atoms with E-state index in [9.17, 15) is 23.6 Å². The predicted molar refractivity (Wildman–Crippen MR) is 128 cm³/mol. The Morgan fingerprint density at radius 2 is 1.80 bits per heavy atom. The van der Waals surface area contributed by atoms with E-state index >= 15 is 0 Å². The highest BCUT2D eigenvalue weighted by Gasteiger charge is 2.30. The normalized spacial score (nSPS) is 15.4. The van der Waals surface area contributed by atoms with Gasteiger partial charge in [-0.3, -0.25) is 19.2 Å². The average molecular weight is 484 g/mol. The smallest absolute Gasteiger partial charge is 0.311 e. The number of piperidine rings is 1. The second kappa shape index (κ2) is 12.1. The Labute approximate surface area is 203 Å². The van der Waals surface area contributed by atoms with Gasteiger partial charge < -0.3 is 20.3 Å². The number of rotatable bonds is 8. The van der Waals surface area contributed by atoms with Crippen LogP contribution in [-0.4, -0.2) is 54.8 Å². The second-order valence-electron chi connectivity index (χ2n) is 8.90. The highest BCUT2D eigenvalue weighted by atomic mass is 19.1. The molecule has 186 valence electrons. The molecule has 0 aromatic heterocycles. The number of ether oxygens (including phenoxy) is 1. The summed E-state index contributed by atoms with van der Waals surface area (Å²) < 4.78 is 18.3. The molecule has 1 heterocycles. The molecule has 2 N–H and O–H groups in total. The molecule has 1 saturated heterocycles. The largest absolute Gasteiger partial charge is 0.455 e. The van der Waals surface area contributed by atoms with Crippen molar-refractivity contribution in [1.29, 1.82) is 0 Å². The van der Waals surface area contributed by atoms with Crippen LogP contribution in [-0.2, 0) is 14.3 Å². The van der Waals surface area contributed by atoms with Gasteiger partial charge in [-0.25, -0.2) is 4.39 Å². The topological polar surface area (TPSA) is 105 Å². The first kappa shape index (κ1) is 25.9. The van der Waals surface area contributed by atoms with Crippen molar-refractivity contribution in [1.82, 2.24) is 10.2 Å². The second-order valence-corrected chi connectivity index (χ2v) is 8.90. The molecule has 1 atom stereocenters. The number of likely N-dealkylation sites (tertiary alicyclic amines) is 1. The van der Waals surface area contributed by atoms with Gasteiger partial charge in [0.25, 0.3) is 17.7 Å². The van der Waals surface area contributed by atoms with Crippen molar-refractivity contribution in [3.05, 3.63) is 65.5 Å². The minimum absolute atomic E-state index is 0.162. The fourth-order valence-corrected chi connectivity index (χ4v) is 3.75. The Morgan fingerprint density at radius 3 is 2.51 bits per heavy atom. The Hall–Kier alpha value is -3.75. The summed E-state index contributed by atoms with van der Waals surface area (Å²) in [6, 6.07) is 11.8. The van der Waals surface area contributed by atoms with Gasteiger partial charge in [-0.15, -0.1) is 0 Å². The molecule has 0 bridgehead atoms. The van der Waals surface area contributed by atoms with Crippen LogP contribution in [0.15, 0.2) is 48.5 Å². The number of halogens is 1. The minimum Gasteiger partial charge on any atom is -0.455 e. The van der Waals surface area contributed by atoms with Crippen LogP contribution in [0.25, 0.3) is 0 Å². The van der Waals surface area contributed by atoms with Crippen LogP contribution in [0, 0.1) is 17.7 Å². The monoisotopic (exact) mass is 483 g/mol. The fourth-order valence-electron chi connectivity index (χ4n) is 3.75. The first-order valence-corrected chi connectivity index (χ1v) is 11.6. The molecule has 0 aliphatic carbocycles. The third-order valence-corrected chi connectivity index (χ3v) is 5.60. The zero-order valence-corrected chi connectivity index (χ0v) is 19.9. The Kier molecular flexibility index (Phi) is 8.94. The van der Waals surface area contributed by atoms with E-state index in [1.165, 1.54) is 29.2 Å². The first-order valence-electron chi connectivity index (χ1n) is 11.6. The van der Waals surface area contributed by atoms with Crippen molar-refractivity contribution in [2.75, 3.05) is 31.6 Å². The van der Waals surface area contributed by atoms with Gasteiger partial charge in [0.2, 0.25) is 0 Å². The molecule has 0 radical (unpaired) electrons. The fraction of sp³-hybridized carbons (Fsp3) is 0.385. The molecule has 2 aromatic carbocycles. The van der Waals surface area contributed by atoms with E-state index < -0.39 is 30.2 Å². The molecule has 9 heteroatoms. The molecular weight excluding hydrogens is 453 g/mol. The van der Waals surface area contributed by atoms with Crippen LogP contribution >= 0.6 is 0 Å². The number of nitrogens with one attached hydrogen (secondary N) is 2. The summed E-state index contributed by atoms with van der Waals surface area (Å²) in [5, 5.41) is 5.42. The number of carbonyl (C=O) groups excluding carboxylic acids is 4. The van der Waals surface area contributed by atoms with Crippen molar-refractivity contribution in [3.63, 3.8) is 0 Å². The predicted octanol–water partition coefficient (Wildman–Crippen LogP) is 3.25. The number of carbonyl (C=O) groups is 4. The van der Waals surface area contributed by atoms with Crippen LogP contribution in [0.4, 0.5) is 10.1 Å². The third kappa shape index (κ3) is 7.37. The maximum atomic E-state index is 13.1. The Morgan fingerprint density at radius 1 is 1.09 bits per heavy atom. The number of anilines is 1. The number of para-hydroxylation sites is 1. The molecule has 3 amide bonds. The highest BCUT2D eigenvalue weighted by Crippen LogP contribution is 2.20. The summed E-state index contributed by atoms with van der Waals surface area (Å²) in [5.41, 5.74) is 0.981. The number of hydrogen-bond acceptors (Lipinski definition) is 5. The molecule has 1 unspecified atom stereocenters. The van der Waals surface area contributed by atoms with E-state index in [-0.39, 0.29) is 24.3 Å². The minimum atomic E-state index is -0.572. The lowest BCUT2D eigenvalue weighted by molar-refractivity contribution is -0.152. The van der Waals surface area contributed by atoms with E-state index in [1.54, 1.807) is 24.3 Å². The number of benzene rings is 2. The third-order valence-electron chi connectivity index (χ3n) is 5.60. The van der Waals surface area contributed by atoms with E-state index in [0.29, 0.717) is 42.7 Å². The zero-order chi connectivity index (χ0) is 25.4. The molecule has 8 nitrogen and oxygen atoms in total. The maximum Gasteiger partial charge on any atom is 0.311 e. The summed E-state index contributed by atoms with van der Waals surface area (Å²) in [6.45, 7) is 4.59. The Balaban J connectivity index is 1.52. The summed E-state index contributed by atoms with van der Waals surface area (Å²) in [6.07, 6.45) is 1.14. The maximum absolute atomic E-state index is 13.1. The molecule has 3 rings (SSSR count). The van der Waals surface area contributed by atoms with Crippen molar-refractivity contribution >= 4 is 29.4 Å². The first-order chi connectivity index (χ1) is 16.7. The van der Waals surface area contributed by atoms with Crippen LogP contribution in [0.3, 0.4) is 0 Å². The highest BCUT2D eigenvalue weighted by molar-refractivity contribution is 6.04. The van der Waals surface area contributed by atoms with Gasteiger partial charge in [-0.2, -0.15) is 0 Å². The molecule has 0 saturated carbocycles. The van der Waals surface area contributed by atoms with Crippen LogP contribution in [0.2, 0.25) is 0 Å². The van der Waals surface area contributed by atoms with E-state index in [0.717, 1.165) is 0 Å². The molecule has 1 fully saturated rings. The van der Waals surface area contributed by atoms with E-state index in [1.807, 2.05) is 13.8 Å². The number of nitrogens with zero attached hydrogens (tertiary/aromatic N) is 1. The SMILES string of the molecule is CC(C)CNC(=O)c1ccccc1NC(=O)COC(=O)C1CCCN(C(=O)c2ccc(F)cc2)C1. The van der Waals surface area contributed by atoms with Crippen LogP contribution in [0.1, 0.15) is 47.4 Å². The lowest BCUT2D eigenvalue weighted by Crippen LogP contribution is -2.43. The van der Waals surface area contributed by atoms with E-state index in [4.69, 9.17) is 4.74 Å². The van der Waals surface area contributed by atoms with Gasteiger partial charge in [0.1, 0.15) is 5.82 Å². The van der Waals surface area contributed by atoms with Crippen molar-refractivity contribution in [3.8, 4) is 0 Å². The number of amides is 3. The van der Waals surface area contributed by atoms with Gasteiger partial charge >= 0.3 is 5.97 Å². The summed E-state index contributed by atoms with van der Waals surface area (Å²) >= 11 is 0. The zero-order valence-electron chi connectivity index (χ0n) is 19.9. The quantitative estimate of drug-likeness (QED) is 0.561. The van der Waals surface area contributed by atoms with Gasteiger partial charge in [0.05, 0.1) is 17.2 Å². The number of esters is 1. The lowest BCUT2D eigenvalue weighted by Gasteiger charge is -2.31. The molecule has 1 aliphatic rings. The standard InChI is InChI=1S/C26H30FN3O5/c1-17(2)14-28-24(32)21-7-3-4-8-22(21)29-23(31)16-35-26(34)19-6-5-13-30(15-19)25(33)18-9-11-20(27)12-10-18/h3-4,7-12,17,19H,5-6,13-16H2,1-2H3,(H,28,32)(H,29,31). The van der Waals surface area contributed by atoms with Gasteiger partial charge in [0.15, 0.2) is 6.61 Å². The number of hydrogen-bond donors (Lipinski definition) is 2. The molecular formula is C26H30FN3O5. The van der Waals surface area contributed by atoms with E-state index in [2.05, 4.69) is 10.6 Å². The van der Waals surface area contributed by atoms with Crippen LogP contribution < -0.4 is 10.6 Å². The molecule has 35 heavy (non-hydrogen) atoms.